The molecular weight excluding hydrogens is 192 g/mol. The summed E-state index contributed by atoms with van der Waals surface area (Å²) in [7, 11) is 0. The number of carbonyl (C=O) groups excluding carboxylic acids is 1. The van der Waals surface area contributed by atoms with E-state index in [-0.39, 0.29) is 11.3 Å². The summed E-state index contributed by atoms with van der Waals surface area (Å²) >= 11 is 0. The minimum absolute atomic E-state index is 0.0544. The minimum atomic E-state index is -0.336. The molecule has 1 aromatic rings. The lowest BCUT2D eigenvalue weighted by molar-refractivity contribution is -0.128. The number of hydrogen-bond donors (Lipinski definition) is 1. The van der Waals surface area contributed by atoms with Crippen molar-refractivity contribution in [1.82, 2.24) is 10.5 Å². The van der Waals surface area contributed by atoms with Gasteiger partial charge in [0.2, 0.25) is 5.91 Å². The fraction of sp³-hybridized carbons (Fsp3) is 0.636. The molecule has 0 radical (unpaired) electrons. The Morgan fingerprint density at radius 3 is 2.67 bits per heavy atom. The molecule has 0 saturated heterocycles. The highest BCUT2D eigenvalue weighted by Crippen LogP contribution is 2.12. The summed E-state index contributed by atoms with van der Waals surface area (Å²) in [6.07, 6.45) is 0.683. The Kier molecular flexibility index (Phi) is 3.50. The van der Waals surface area contributed by atoms with Gasteiger partial charge in [0.05, 0.1) is 5.69 Å². The Balaban J connectivity index is 2.31. The molecule has 1 heterocycles. The Morgan fingerprint density at radius 2 is 2.20 bits per heavy atom. The summed E-state index contributed by atoms with van der Waals surface area (Å²) in [5, 5.41) is 6.63. The maximum Gasteiger partial charge on any atom is 0.225 e. The van der Waals surface area contributed by atoms with Crippen LogP contribution in [-0.4, -0.2) is 17.6 Å². The zero-order valence-electron chi connectivity index (χ0n) is 9.76. The third kappa shape index (κ3) is 3.73. The maximum atomic E-state index is 11.5. The van der Waals surface area contributed by atoms with Crippen LogP contribution in [0.4, 0.5) is 0 Å². The van der Waals surface area contributed by atoms with Crippen LogP contribution in [0.1, 0.15) is 32.2 Å². The highest BCUT2D eigenvalue weighted by Gasteiger charge is 2.20. The van der Waals surface area contributed by atoms with E-state index in [9.17, 15) is 4.79 Å². The van der Waals surface area contributed by atoms with Crippen LogP contribution in [0.5, 0.6) is 0 Å². The van der Waals surface area contributed by atoms with Crippen LogP contribution in [0.15, 0.2) is 10.6 Å². The van der Waals surface area contributed by atoms with Crippen molar-refractivity contribution in [3.63, 3.8) is 0 Å². The second kappa shape index (κ2) is 4.47. The molecule has 84 valence electrons. The molecule has 0 fully saturated rings. The van der Waals surface area contributed by atoms with E-state index in [0.717, 1.165) is 11.5 Å². The molecule has 0 aliphatic carbocycles. The summed E-state index contributed by atoms with van der Waals surface area (Å²) in [4.78, 5) is 11.5. The lowest BCUT2D eigenvalue weighted by atomic mass is 9.96. The number of rotatable bonds is 3. The third-order valence-electron chi connectivity index (χ3n) is 2.01. The molecule has 0 unspecified atom stereocenters. The zero-order valence-corrected chi connectivity index (χ0v) is 9.76. The van der Waals surface area contributed by atoms with Crippen LogP contribution >= 0.6 is 0 Å². The fourth-order valence-electron chi connectivity index (χ4n) is 1.10. The second-order valence-corrected chi connectivity index (χ2v) is 4.69. The van der Waals surface area contributed by atoms with E-state index in [2.05, 4.69) is 10.5 Å². The number of hydrogen-bond acceptors (Lipinski definition) is 3. The van der Waals surface area contributed by atoms with Gasteiger partial charge in [-0.3, -0.25) is 4.79 Å². The van der Waals surface area contributed by atoms with E-state index < -0.39 is 0 Å². The van der Waals surface area contributed by atoms with E-state index in [1.165, 1.54) is 0 Å². The predicted octanol–water partition coefficient (Wildman–Crippen LogP) is 1.69. The van der Waals surface area contributed by atoms with Gasteiger partial charge in [-0.1, -0.05) is 25.9 Å². The standard InChI is InChI=1S/C11H18N2O2/c1-8-7-9(15-13-8)5-6-12-10(14)11(2,3)4/h7H,5-6H2,1-4H3,(H,12,14). The van der Waals surface area contributed by atoms with Crippen molar-refractivity contribution in [2.45, 2.75) is 34.1 Å². The van der Waals surface area contributed by atoms with E-state index >= 15 is 0 Å². The molecule has 0 bridgehead atoms. The van der Waals surface area contributed by atoms with Crippen molar-refractivity contribution < 1.29 is 9.32 Å². The molecule has 0 spiro atoms. The van der Waals surface area contributed by atoms with Crippen LogP contribution < -0.4 is 5.32 Å². The topological polar surface area (TPSA) is 55.1 Å². The normalized spacial score (nSPS) is 11.5. The number of aryl methyl sites for hydroxylation is 1. The van der Waals surface area contributed by atoms with Gasteiger partial charge in [0.1, 0.15) is 5.76 Å². The molecule has 0 saturated carbocycles. The van der Waals surface area contributed by atoms with E-state index in [1.54, 1.807) is 0 Å². The fourth-order valence-corrected chi connectivity index (χ4v) is 1.10. The Labute approximate surface area is 90.0 Å². The van der Waals surface area contributed by atoms with Crippen molar-refractivity contribution in [3.8, 4) is 0 Å². The second-order valence-electron chi connectivity index (χ2n) is 4.69. The SMILES string of the molecule is Cc1cc(CCNC(=O)C(C)(C)C)on1. The molecule has 4 heteroatoms. The lowest BCUT2D eigenvalue weighted by Crippen LogP contribution is -2.35. The van der Waals surface area contributed by atoms with Crippen LogP contribution in [0, 0.1) is 12.3 Å². The summed E-state index contributed by atoms with van der Waals surface area (Å²) < 4.78 is 5.03. The molecule has 0 aromatic carbocycles. The first-order chi connectivity index (χ1) is 6.89. The van der Waals surface area contributed by atoms with Gasteiger partial charge in [-0.05, 0) is 6.92 Å². The highest BCUT2D eigenvalue weighted by atomic mass is 16.5. The Morgan fingerprint density at radius 1 is 1.53 bits per heavy atom. The molecule has 1 aromatic heterocycles. The average Bonchev–Trinajstić information content (AvgIpc) is 2.49. The van der Waals surface area contributed by atoms with Gasteiger partial charge in [-0.25, -0.2) is 0 Å². The van der Waals surface area contributed by atoms with Gasteiger partial charge in [-0.2, -0.15) is 0 Å². The van der Waals surface area contributed by atoms with Gasteiger partial charge < -0.3 is 9.84 Å². The number of nitrogens with zero attached hydrogens (tertiary/aromatic N) is 1. The molecule has 0 aliphatic rings. The van der Waals surface area contributed by atoms with Gasteiger partial charge in [0.25, 0.3) is 0 Å². The van der Waals surface area contributed by atoms with Crippen molar-refractivity contribution in [2.75, 3.05) is 6.54 Å². The monoisotopic (exact) mass is 210 g/mol. The van der Waals surface area contributed by atoms with Crippen molar-refractivity contribution >= 4 is 5.91 Å². The predicted molar refractivity (Wildman–Crippen MR) is 57.4 cm³/mol. The van der Waals surface area contributed by atoms with Crippen molar-refractivity contribution in [2.24, 2.45) is 5.41 Å². The molecule has 4 nitrogen and oxygen atoms in total. The van der Waals surface area contributed by atoms with Gasteiger partial charge >= 0.3 is 0 Å². The van der Waals surface area contributed by atoms with Crippen molar-refractivity contribution in [1.29, 1.82) is 0 Å². The first-order valence-electron chi connectivity index (χ1n) is 5.10. The first-order valence-corrected chi connectivity index (χ1v) is 5.10. The van der Waals surface area contributed by atoms with Crippen LogP contribution in [-0.2, 0) is 11.2 Å². The number of carbonyl (C=O) groups is 1. The third-order valence-corrected chi connectivity index (χ3v) is 2.01. The number of nitrogens with one attached hydrogen (secondary N) is 1. The summed E-state index contributed by atoms with van der Waals surface area (Å²) in [6.45, 7) is 8.13. The first kappa shape index (κ1) is 11.8. The molecule has 15 heavy (non-hydrogen) atoms. The van der Waals surface area contributed by atoms with Crippen LogP contribution in [0.2, 0.25) is 0 Å². The molecule has 0 atom stereocenters. The average molecular weight is 210 g/mol. The molecular formula is C11H18N2O2. The smallest absolute Gasteiger partial charge is 0.225 e. The number of amides is 1. The molecule has 1 amide bonds. The van der Waals surface area contributed by atoms with Crippen LogP contribution in [0.3, 0.4) is 0 Å². The zero-order chi connectivity index (χ0) is 11.5. The van der Waals surface area contributed by atoms with E-state index in [0.29, 0.717) is 13.0 Å². The molecule has 1 N–H and O–H groups in total. The minimum Gasteiger partial charge on any atom is -0.361 e. The Hall–Kier alpha value is -1.32. The van der Waals surface area contributed by atoms with Crippen molar-refractivity contribution in [3.05, 3.63) is 17.5 Å². The quantitative estimate of drug-likeness (QED) is 0.826. The summed E-state index contributed by atoms with van der Waals surface area (Å²) in [6, 6.07) is 1.88. The highest BCUT2D eigenvalue weighted by molar-refractivity contribution is 5.81. The largest absolute Gasteiger partial charge is 0.361 e. The van der Waals surface area contributed by atoms with E-state index in [1.807, 2.05) is 33.8 Å². The maximum absolute atomic E-state index is 11.5. The molecule has 1 rings (SSSR count). The number of aromatic nitrogens is 1. The Bertz CT molecular complexity index is 337. The van der Waals surface area contributed by atoms with E-state index in [4.69, 9.17) is 4.52 Å². The summed E-state index contributed by atoms with van der Waals surface area (Å²) in [5.41, 5.74) is 0.532. The summed E-state index contributed by atoms with van der Waals surface area (Å²) in [5.74, 6) is 0.862. The van der Waals surface area contributed by atoms with Gasteiger partial charge in [0.15, 0.2) is 0 Å². The van der Waals surface area contributed by atoms with Gasteiger partial charge in [-0.15, -0.1) is 0 Å². The van der Waals surface area contributed by atoms with Gasteiger partial charge in [0, 0.05) is 24.4 Å². The van der Waals surface area contributed by atoms with Crippen LogP contribution in [0.25, 0.3) is 0 Å². The lowest BCUT2D eigenvalue weighted by Gasteiger charge is -2.17. The molecule has 0 aliphatic heterocycles.